The Morgan fingerprint density at radius 3 is 2.73 bits per heavy atom. The zero-order valence-electron chi connectivity index (χ0n) is 9.07. The Labute approximate surface area is 90.0 Å². The molecule has 0 radical (unpaired) electrons. The molecule has 0 aromatic rings. The third-order valence-corrected chi connectivity index (χ3v) is 3.23. The van der Waals surface area contributed by atoms with Crippen LogP contribution in [0.25, 0.3) is 0 Å². The molecule has 0 saturated carbocycles. The third-order valence-electron chi connectivity index (χ3n) is 3.23. The highest BCUT2D eigenvalue weighted by atomic mass is 16.3. The van der Waals surface area contributed by atoms with Gasteiger partial charge in [-0.2, -0.15) is 0 Å². The molecule has 2 aliphatic rings. The van der Waals surface area contributed by atoms with Gasteiger partial charge in [-0.25, -0.2) is 0 Å². The van der Waals surface area contributed by atoms with Crippen molar-refractivity contribution in [3.63, 3.8) is 0 Å². The van der Waals surface area contributed by atoms with Crippen molar-refractivity contribution in [2.45, 2.75) is 26.0 Å². The van der Waals surface area contributed by atoms with Gasteiger partial charge in [-0.3, -0.25) is 4.79 Å². The van der Waals surface area contributed by atoms with Crippen molar-refractivity contribution in [2.24, 2.45) is 5.92 Å². The Balaban J connectivity index is 1.92. The zero-order chi connectivity index (χ0) is 10.8. The Hall–Kier alpha value is -0.870. The maximum atomic E-state index is 11.7. The molecule has 0 bridgehead atoms. The first-order valence-electron chi connectivity index (χ1n) is 5.56. The molecular weight excluding hydrogens is 192 g/mol. The lowest BCUT2D eigenvalue weighted by Gasteiger charge is -2.29. The lowest BCUT2D eigenvalue weighted by atomic mass is 9.97. The summed E-state index contributed by atoms with van der Waals surface area (Å²) in [5.74, 6) is 0.519. The number of rotatable bonds is 2. The Bertz CT molecular complexity index is 282. The van der Waals surface area contributed by atoms with Crippen LogP contribution in [0.3, 0.4) is 0 Å². The van der Waals surface area contributed by atoms with Crippen LogP contribution in [0.15, 0.2) is 11.6 Å². The molecular formula is C11H18N2O2. The summed E-state index contributed by atoms with van der Waals surface area (Å²) < 4.78 is 0. The molecule has 1 fully saturated rings. The topological polar surface area (TPSA) is 52.6 Å². The van der Waals surface area contributed by atoms with Crippen molar-refractivity contribution in [2.75, 3.05) is 19.6 Å². The summed E-state index contributed by atoms with van der Waals surface area (Å²) in [6.07, 6.45) is 3.11. The van der Waals surface area contributed by atoms with Gasteiger partial charge in [0.15, 0.2) is 0 Å². The van der Waals surface area contributed by atoms with Gasteiger partial charge in [0.25, 0.3) is 5.91 Å². The van der Waals surface area contributed by atoms with E-state index in [0.717, 1.165) is 25.9 Å². The number of piperidine rings is 1. The lowest BCUT2D eigenvalue weighted by Crippen LogP contribution is -2.41. The summed E-state index contributed by atoms with van der Waals surface area (Å²) >= 11 is 0. The molecule has 2 aliphatic heterocycles. The molecule has 2 N–H and O–H groups in total. The van der Waals surface area contributed by atoms with E-state index in [4.69, 9.17) is 0 Å². The normalized spacial score (nSPS) is 28.4. The highest BCUT2D eigenvalue weighted by molar-refractivity contribution is 5.95. The van der Waals surface area contributed by atoms with Crippen molar-refractivity contribution in [3.05, 3.63) is 11.6 Å². The molecule has 4 nitrogen and oxygen atoms in total. The van der Waals surface area contributed by atoms with Crippen molar-refractivity contribution in [3.8, 4) is 0 Å². The second-order valence-electron chi connectivity index (χ2n) is 4.41. The van der Waals surface area contributed by atoms with Crippen LogP contribution < -0.4 is 5.32 Å². The van der Waals surface area contributed by atoms with Crippen LogP contribution in [-0.2, 0) is 4.79 Å². The van der Waals surface area contributed by atoms with Gasteiger partial charge >= 0.3 is 0 Å². The molecule has 1 atom stereocenters. The minimum atomic E-state index is -0.701. The van der Waals surface area contributed by atoms with E-state index in [2.05, 4.69) is 5.32 Å². The maximum Gasteiger partial charge on any atom is 0.251 e. The van der Waals surface area contributed by atoms with E-state index in [1.807, 2.05) is 0 Å². The van der Waals surface area contributed by atoms with E-state index in [1.54, 1.807) is 17.9 Å². The van der Waals surface area contributed by atoms with Crippen LogP contribution in [0, 0.1) is 5.92 Å². The number of carbonyl (C=O) groups is 1. The van der Waals surface area contributed by atoms with E-state index < -0.39 is 6.23 Å². The first kappa shape index (κ1) is 10.6. The lowest BCUT2D eigenvalue weighted by molar-refractivity contribution is -0.132. The number of carbonyl (C=O) groups excluding carboxylic acids is 1. The second-order valence-corrected chi connectivity index (χ2v) is 4.41. The summed E-state index contributed by atoms with van der Waals surface area (Å²) in [6, 6.07) is 0. The molecule has 84 valence electrons. The number of aliphatic hydroxyl groups excluding tert-OH is 1. The third kappa shape index (κ3) is 2.21. The van der Waals surface area contributed by atoms with Gasteiger partial charge in [-0.15, -0.1) is 0 Å². The Kier molecular flexibility index (Phi) is 3.07. The first-order valence-corrected chi connectivity index (χ1v) is 5.56. The van der Waals surface area contributed by atoms with Crippen LogP contribution >= 0.6 is 0 Å². The second kappa shape index (κ2) is 4.33. The smallest absolute Gasteiger partial charge is 0.251 e. The maximum absolute atomic E-state index is 11.7. The highest BCUT2D eigenvalue weighted by Crippen LogP contribution is 2.21. The fraction of sp³-hybridized carbons (Fsp3) is 0.727. The van der Waals surface area contributed by atoms with E-state index in [-0.39, 0.29) is 5.91 Å². The minimum absolute atomic E-state index is 0.0129. The minimum Gasteiger partial charge on any atom is -0.370 e. The van der Waals surface area contributed by atoms with Crippen LogP contribution in [0.2, 0.25) is 0 Å². The van der Waals surface area contributed by atoms with Gasteiger partial charge in [0, 0.05) is 12.1 Å². The van der Waals surface area contributed by atoms with Crippen LogP contribution in [0.5, 0.6) is 0 Å². The number of amides is 1. The van der Waals surface area contributed by atoms with Gasteiger partial charge in [0.1, 0.15) is 6.23 Å². The summed E-state index contributed by atoms with van der Waals surface area (Å²) in [6.45, 7) is 4.49. The van der Waals surface area contributed by atoms with Gasteiger partial charge in [-0.1, -0.05) is 0 Å². The summed E-state index contributed by atoms with van der Waals surface area (Å²) in [5, 5.41) is 13.0. The largest absolute Gasteiger partial charge is 0.370 e. The molecule has 1 unspecified atom stereocenters. The fourth-order valence-electron chi connectivity index (χ4n) is 2.26. The van der Waals surface area contributed by atoms with Crippen molar-refractivity contribution < 1.29 is 9.90 Å². The van der Waals surface area contributed by atoms with Gasteiger partial charge in [0.2, 0.25) is 0 Å². The standard InChI is InChI=1S/C11H18N2O2/c1-8-6-10(14)13(11(8)15)7-9-2-4-12-5-3-9/h6,9-10,12,14H,2-5,7H2,1H3. The van der Waals surface area contributed by atoms with Crippen molar-refractivity contribution in [1.29, 1.82) is 0 Å². The Morgan fingerprint density at radius 1 is 1.53 bits per heavy atom. The first-order chi connectivity index (χ1) is 7.18. The quantitative estimate of drug-likeness (QED) is 0.679. The van der Waals surface area contributed by atoms with E-state index in [1.165, 1.54) is 0 Å². The van der Waals surface area contributed by atoms with Crippen LogP contribution in [0.4, 0.5) is 0 Å². The summed E-state index contributed by atoms with van der Waals surface area (Å²) in [7, 11) is 0. The van der Waals surface area contributed by atoms with Gasteiger partial charge in [0.05, 0.1) is 0 Å². The number of nitrogens with one attached hydrogen (secondary N) is 1. The zero-order valence-corrected chi connectivity index (χ0v) is 9.07. The van der Waals surface area contributed by atoms with Crippen molar-refractivity contribution >= 4 is 5.91 Å². The average Bonchev–Trinajstić information content (AvgIpc) is 2.47. The number of hydrogen-bond acceptors (Lipinski definition) is 3. The number of hydrogen-bond donors (Lipinski definition) is 2. The van der Waals surface area contributed by atoms with Crippen molar-refractivity contribution in [1.82, 2.24) is 10.2 Å². The summed E-state index contributed by atoms with van der Waals surface area (Å²) in [4.78, 5) is 13.2. The molecule has 2 rings (SSSR count). The number of nitrogens with zero attached hydrogens (tertiary/aromatic N) is 1. The summed E-state index contributed by atoms with van der Waals surface area (Å²) in [5.41, 5.74) is 0.663. The van der Waals surface area contributed by atoms with E-state index >= 15 is 0 Å². The number of aliphatic hydroxyl groups is 1. The molecule has 0 aliphatic carbocycles. The van der Waals surface area contributed by atoms with E-state index in [0.29, 0.717) is 18.0 Å². The SMILES string of the molecule is CC1=CC(O)N(CC2CCNCC2)C1=O. The molecule has 1 amide bonds. The highest BCUT2D eigenvalue weighted by Gasteiger charge is 2.30. The predicted octanol–water partition coefficient (Wildman–Crippen LogP) is 0.0929. The fourth-order valence-corrected chi connectivity index (χ4v) is 2.26. The van der Waals surface area contributed by atoms with Gasteiger partial charge < -0.3 is 15.3 Å². The molecule has 0 aromatic heterocycles. The van der Waals surface area contributed by atoms with Gasteiger partial charge in [-0.05, 0) is 44.8 Å². The average molecular weight is 210 g/mol. The van der Waals surface area contributed by atoms with Crippen LogP contribution in [0.1, 0.15) is 19.8 Å². The predicted molar refractivity (Wildman–Crippen MR) is 57.1 cm³/mol. The monoisotopic (exact) mass is 210 g/mol. The molecule has 0 spiro atoms. The molecule has 4 heteroatoms. The van der Waals surface area contributed by atoms with E-state index in [9.17, 15) is 9.90 Å². The van der Waals surface area contributed by atoms with Crippen LogP contribution in [-0.4, -0.2) is 41.8 Å². The Morgan fingerprint density at radius 2 is 2.20 bits per heavy atom. The molecule has 2 heterocycles. The molecule has 15 heavy (non-hydrogen) atoms. The molecule has 0 aromatic carbocycles. The molecule has 1 saturated heterocycles.